The Hall–Kier alpha value is -2.00. The van der Waals surface area contributed by atoms with Gasteiger partial charge in [0.2, 0.25) is 0 Å². The molecule has 164 valence electrons. The molecule has 0 aliphatic rings. The number of benzene rings is 1. The summed E-state index contributed by atoms with van der Waals surface area (Å²) in [6.07, 6.45) is 14.2. The number of rotatable bonds is 7. The summed E-state index contributed by atoms with van der Waals surface area (Å²) in [5.41, 5.74) is 6.30. The molecule has 0 saturated heterocycles. The molecule has 0 unspecified atom stereocenters. The van der Waals surface area contributed by atoms with Gasteiger partial charge in [-0.05, 0) is 61.8 Å². The Morgan fingerprint density at radius 2 is 1.66 bits per heavy atom. The normalized spacial score (nSPS) is 10.0. The van der Waals surface area contributed by atoms with E-state index in [0.29, 0.717) is 5.41 Å². The Morgan fingerprint density at radius 1 is 1.14 bits per heavy atom. The molecule has 0 aliphatic heterocycles. The van der Waals surface area contributed by atoms with Gasteiger partial charge < -0.3 is 0 Å². The van der Waals surface area contributed by atoms with Crippen LogP contribution in [0.4, 0.5) is 0 Å². The zero-order valence-electron chi connectivity index (χ0n) is 21.2. The van der Waals surface area contributed by atoms with E-state index in [2.05, 4.69) is 65.0 Å². The van der Waals surface area contributed by atoms with E-state index in [1.165, 1.54) is 30.4 Å². The quantitative estimate of drug-likeness (QED) is 0.318. The number of terminal acetylenes is 1. The molecule has 1 rings (SSSR count). The highest BCUT2D eigenvalue weighted by molar-refractivity contribution is 5.42. The fourth-order valence-electron chi connectivity index (χ4n) is 2.62. The van der Waals surface area contributed by atoms with Gasteiger partial charge in [0, 0.05) is 5.56 Å². The van der Waals surface area contributed by atoms with Gasteiger partial charge in [0.05, 0.1) is 0 Å². The van der Waals surface area contributed by atoms with Gasteiger partial charge in [-0.3, -0.25) is 0 Å². The molecular weight excluding hydrogens is 348 g/mol. The molecule has 1 aromatic carbocycles. The van der Waals surface area contributed by atoms with Crippen molar-refractivity contribution in [2.45, 2.75) is 94.9 Å². The molecular formula is C29H48. The number of hydrogen-bond donors (Lipinski definition) is 0. The Labute approximate surface area is 184 Å². The maximum absolute atomic E-state index is 5.57. The number of allylic oxidation sites excluding steroid dienone is 4. The fourth-order valence-corrected chi connectivity index (χ4v) is 2.62. The molecule has 0 heterocycles. The van der Waals surface area contributed by atoms with E-state index in [0.717, 1.165) is 23.1 Å². The van der Waals surface area contributed by atoms with Crippen molar-refractivity contribution in [3.63, 3.8) is 0 Å². The largest absolute Gasteiger partial charge is 0.115 e. The first-order chi connectivity index (χ1) is 13.8. The molecule has 29 heavy (non-hydrogen) atoms. The van der Waals surface area contributed by atoms with E-state index >= 15 is 0 Å². The summed E-state index contributed by atoms with van der Waals surface area (Å²) in [5.74, 6) is 2.81. The van der Waals surface area contributed by atoms with Gasteiger partial charge in [-0.2, -0.15) is 0 Å². The fraction of sp³-hybridized carbons (Fsp3) is 0.517. The van der Waals surface area contributed by atoms with E-state index in [9.17, 15) is 0 Å². The topological polar surface area (TPSA) is 0 Å². The molecule has 0 radical (unpaired) electrons. The van der Waals surface area contributed by atoms with Gasteiger partial charge in [0.25, 0.3) is 0 Å². The average Bonchev–Trinajstić information content (AvgIpc) is 2.76. The first kappa shape index (κ1) is 31.7. The van der Waals surface area contributed by atoms with Crippen LogP contribution in [0.25, 0.3) is 0 Å². The molecule has 0 heteroatoms. The molecule has 0 fully saturated rings. The smallest absolute Gasteiger partial charge is 0.0277 e. The molecule has 0 nitrogen and oxygen atoms in total. The first-order valence-corrected chi connectivity index (χ1v) is 11.3. The lowest BCUT2D eigenvalue weighted by molar-refractivity contribution is 0.273. The van der Waals surface area contributed by atoms with Crippen LogP contribution in [0.5, 0.6) is 0 Å². The highest BCUT2D eigenvalue weighted by atomic mass is 14.2. The SMILES string of the molecule is C#Cc1cc(C)ccc1CCC(C)(CC)CC.C=C/C(=C\C)C(=C)C.CC.CC. The van der Waals surface area contributed by atoms with Gasteiger partial charge in [0.15, 0.2) is 0 Å². The minimum absolute atomic E-state index is 0.455. The van der Waals surface area contributed by atoms with E-state index in [1.54, 1.807) is 0 Å². The third kappa shape index (κ3) is 13.8. The minimum Gasteiger partial charge on any atom is -0.115 e. The molecule has 0 aliphatic carbocycles. The Bertz CT molecular complexity index is 630. The van der Waals surface area contributed by atoms with Crippen molar-refractivity contribution in [1.29, 1.82) is 0 Å². The summed E-state index contributed by atoms with van der Waals surface area (Å²) in [7, 11) is 0. The average molecular weight is 397 g/mol. The van der Waals surface area contributed by atoms with Crippen molar-refractivity contribution in [2.24, 2.45) is 5.41 Å². The molecule has 1 aromatic rings. The van der Waals surface area contributed by atoms with Crippen LogP contribution in [-0.4, -0.2) is 0 Å². The maximum atomic E-state index is 5.57. The van der Waals surface area contributed by atoms with Crippen LogP contribution in [0.3, 0.4) is 0 Å². The van der Waals surface area contributed by atoms with E-state index in [1.807, 2.05) is 53.7 Å². The van der Waals surface area contributed by atoms with Gasteiger partial charge in [-0.25, -0.2) is 0 Å². The van der Waals surface area contributed by atoms with Gasteiger partial charge in [0.1, 0.15) is 0 Å². The molecule has 0 spiro atoms. The highest BCUT2D eigenvalue weighted by Crippen LogP contribution is 2.31. The van der Waals surface area contributed by atoms with Crippen LogP contribution in [0.2, 0.25) is 0 Å². The monoisotopic (exact) mass is 396 g/mol. The third-order valence-electron chi connectivity index (χ3n) is 5.15. The lowest BCUT2D eigenvalue weighted by atomic mass is 9.79. The predicted octanol–water partition coefficient (Wildman–Crippen LogP) is 9.48. The van der Waals surface area contributed by atoms with Crippen molar-refractivity contribution < 1.29 is 0 Å². The highest BCUT2D eigenvalue weighted by Gasteiger charge is 2.19. The molecule has 0 aromatic heterocycles. The van der Waals surface area contributed by atoms with E-state index in [-0.39, 0.29) is 0 Å². The summed E-state index contributed by atoms with van der Waals surface area (Å²) in [6, 6.07) is 6.46. The van der Waals surface area contributed by atoms with Crippen LogP contribution >= 0.6 is 0 Å². The number of aryl methyl sites for hydroxylation is 2. The summed E-state index contributed by atoms with van der Waals surface area (Å²) in [5, 5.41) is 0. The Balaban J connectivity index is -0.000000474. The standard InChI is InChI=1S/C17H24.C8H12.2C2H6/c1-6-15-13-14(4)9-10-16(15)11-12-17(5,7-2)8-3;1-5-8(6-2)7(3)4;2*1-2/h1,9-10,13H,7-8,11-12H2,2-5H3;5-6H,1,3H2,2,4H3;2*1-2H3/b;8-6+;;. The second kappa shape index (κ2) is 19.3. The van der Waals surface area contributed by atoms with Crippen molar-refractivity contribution in [3.8, 4) is 12.3 Å². The van der Waals surface area contributed by atoms with Crippen molar-refractivity contribution in [1.82, 2.24) is 0 Å². The minimum atomic E-state index is 0.455. The van der Waals surface area contributed by atoms with Gasteiger partial charge in [-0.15, -0.1) is 6.42 Å². The summed E-state index contributed by atoms with van der Waals surface area (Å²) < 4.78 is 0. The Kier molecular flexibility index (Phi) is 21.1. The summed E-state index contributed by atoms with van der Waals surface area (Å²) in [6.45, 7) is 28.3. The zero-order valence-corrected chi connectivity index (χ0v) is 21.2. The number of hydrogen-bond acceptors (Lipinski definition) is 0. The van der Waals surface area contributed by atoms with E-state index in [4.69, 9.17) is 6.42 Å². The molecule has 0 N–H and O–H groups in total. The lowest BCUT2D eigenvalue weighted by Gasteiger charge is -2.26. The molecule has 0 saturated carbocycles. The van der Waals surface area contributed by atoms with Crippen LogP contribution in [0.1, 0.15) is 98.3 Å². The van der Waals surface area contributed by atoms with Crippen molar-refractivity contribution in [3.05, 3.63) is 71.3 Å². The molecule has 0 bridgehead atoms. The second-order valence-electron chi connectivity index (χ2n) is 7.05. The van der Waals surface area contributed by atoms with Crippen molar-refractivity contribution in [2.75, 3.05) is 0 Å². The van der Waals surface area contributed by atoms with E-state index < -0.39 is 0 Å². The van der Waals surface area contributed by atoms with Crippen LogP contribution in [0.15, 0.2) is 54.7 Å². The predicted molar refractivity (Wildman–Crippen MR) is 138 cm³/mol. The lowest BCUT2D eigenvalue weighted by Crippen LogP contribution is -2.15. The maximum Gasteiger partial charge on any atom is 0.0277 e. The summed E-state index contributed by atoms with van der Waals surface area (Å²) >= 11 is 0. The van der Waals surface area contributed by atoms with Crippen LogP contribution in [-0.2, 0) is 6.42 Å². The van der Waals surface area contributed by atoms with Crippen LogP contribution < -0.4 is 0 Å². The molecule has 0 amide bonds. The first-order valence-electron chi connectivity index (χ1n) is 11.3. The van der Waals surface area contributed by atoms with Crippen LogP contribution in [0, 0.1) is 24.7 Å². The third-order valence-corrected chi connectivity index (χ3v) is 5.15. The van der Waals surface area contributed by atoms with Gasteiger partial charge in [-0.1, -0.05) is 110 Å². The van der Waals surface area contributed by atoms with Crippen molar-refractivity contribution >= 4 is 0 Å². The summed E-state index contributed by atoms with van der Waals surface area (Å²) in [4.78, 5) is 0. The molecule has 0 atom stereocenters. The Morgan fingerprint density at radius 3 is 1.97 bits per heavy atom. The van der Waals surface area contributed by atoms with Gasteiger partial charge >= 0.3 is 0 Å². The zero-order chi connectivity index (χ0) is 23.5. The second-order valence-corrected chi connectivity index (χ2v) is 7.05.